The molecule has 1 fully saturated rings. The number of aliphatic imine (C=N–C) groups is 1. The predicted molar refractivity (Wildman–Crippen MR) is 57.2 cm³/mol. The van der Waals surface area contributed by atoms with Crippen LogP contribution in [-0.2, 0) is 9.59 Å². The highest BCUT2D eigenvalue weighted by molar-refractivity contribution is 6.01. The van der Waals surface area contributed by atoms with Gasteiger partial charge >= 0.3 is 0 Å². The van der Waals surface area contributed by atoms with Gasteiger partial charge in [0.1, 0.15) is 11.9 Å². The summed E-state index contributed by atoms with van der Waals surface area (Å²) in [6, 6.07) is -0.512. The van der Waals surface area contributed by atoms with E-state index in [-0.39, 0.29) is 17.2 Å². The molecule has 1 aliphatic heterocycles. The number of nitrogens with two attached hydrogens (primary N) is 1. The lowest BCUT2D eigenvalue weighted by Crippen LogP contribution is -2.44. The molecule has 1 atom stereocenters. The highest BCUT2D eigenvalue weighted by Crippen LogP contribution is 2.16. The molecule has 0 saturated carbocycles. The molecule has 5 nitrogen and oxygen atoms in total. The molecular formula is C10H17N3O2. The molecule has 1 aliphatic rings. The van der Waals surface area contributed by atoms with Crippen LogP contribution in [-0.4, -0.2) is 23.7 Å². The largest absolute Gasteiger partial charge is 0.387 e. The summed E-state index contributed by atoms with van der Waals surface area (Å²) in [7, 11) is 0. The maximum Gasteiger partial charge on any atom is 0.251 e. The highest BCUT2D eigenvalue weighted by Gasteiger charge is 2.27. The van der Waals surface area contributed by atoms with E-state index in [1.165, 1.54) is 0 Å². The van der Waals surface area contributed by atoms with Crippen LogP contribution in [0.4, 0.5) is 0 Å². The van der Waals surface area contributed by atoms with E-state index in [0.717, 1.165) is 0 Å². The highest BCUT2D eigenvalue weighted by atomic mass is 16.2. The first-order valence-corrected chi connectivity index (χ1v) is 4.98. The van der Waals surface area contributed by atoms with Crippen LogP contribution in [0.5, 0.6) is 0 Å². The van der Waals surface area contributed by atoms with E-state index >= 15 is 0 Å². The summed E-state index contributed by atoms with van der Waals surface area (Å²) in [6.45, 7) is 5.78. The number of carbonyl (C=O) groups is 2. The molecular weight excluding hydrogens is 194 g/mol. The van der Waals surface area contributed by atoms with Gasteiger partial charge < -0.3 is 5.73 Å². The normalized spacial score (nSPS) is 23.9. The Bertz CT molecular complexity index is 315. The smallest absolute Gasteiger partial charge is 0.251 e. The summed E-state index contributed by atoms with van der Waals surface area (Å²) in [5.41, 5.74) is 5.52. The lowest BCUT2D eigenvalue weighted by molar-refractivity contribution is -0.133. The summed E-state index contributed by atoms with van der Waals surface area (Å²) in [5.74, 6) is -0.142. The summed E-state index contributed by atoms with van der Waals surface area (Å²) in [4.78, 5) is 26.4. The molecule has 0 spiro atoms. The second-order valence-corrected chi connectivity index (χ2v) is 4.73. The van der Waals surface area contributed by atoms with Crippen LogP contribution in [0.1, 0.15) is 33.6 Å². The summed E-state index contributed by atoms with van der Waals surface area (Å²) >= 11 is 0. The number of piperidine rings is 1. The topological polar surface area (TPSA) is 84.5 Å². The van der Waals surface area contributed by atoms with E-state index in [1.807, 2.05) is 20.8 Å². The van der Waals surface area contributed by atoms with Crippen LogP contribution < -0.4 is 11.1 Å². The van der Waals surface area contributed by atoms with Crippen molar-refractivity contribution >= 4 is 17.6 Å². The quantitative estimate of drug-likeness (QED) is 0.369. The molecule has 1 rings (SSSR count). The molecule has 0 bridgehead atoms. The number of amides is 2. The standard InChI is InChI=1S/C10H17N3O2/c1-10(2,3)9(11)12-6-4-5-7(14)13-8(6)15/h6H,4-5H2,1-3H3,(H2,11,12)(H,13,14,15). The average molecular weight is 211 g/mol. The van der Waals surface area contributed by atoms with Crippen molar-refractivity contribution in [3.05, 3.63) is 0 Å². The van der Waals surface area contributed by atoms with Crippen molar-refractivity contribution in [3.63, 3.8) is 0 Å². The van der Waals surface area contributed by atoms with Gasteiger partial charge in [0, 0.05) is 11.8 Å². The monoisotopic (exact) mass is 211 g/mol. The van der Waals surface area contributed by atoms with Crippen LogP contribution in [0, 0.1) is 5.41 Å². The molecule has 1 heterocycles. The number of rotatable bonds is 1. The maximum atomic E-state index is 11.4. The molecule has 0 aliphatic carbocycles. The Morgan fingerprint density at radius 1 is 1.47 bits per heavy atom. The van der Waals surface area contributed by atoms with Gasteiger partial charge in [-0.1, -0.05) is 20.8 Å². The molecule has 5 heteroatoms. The van der Waals surface area contributed by atoms with Crippen LogP contribution >= 0.6 is 0 Å². The van der Waals surface area contributed by atoms with E-state index < -0.39 is 6.04 Å². The average Bonchev–Trinajstić information content (AvgIpc) is 2.08. The third-order valence-electron chi connectivity index (χ3n) is 2.27. The van der Waals surface area contributed by atoms with Gasteiger partial charge in [0.2, 0.25) is 5.91 Å². The number of hydrogen-bond acceptors (Lipinski definition) is 3. The second-order valence-electron chi connectivity index (χ2n) is 4.73. The Morgan fingerprint density at radius 3 is 2.53 bits per heavy atom. The first-order valence-electron chi connectivity index (χ1n) is 4.98. The third-order valence-corrected chi connectivity index (χ3v) is 2.27. The number of imide groups is 1. The van der Waals surface area contributed by atoms with Crippen LogP contribution in [0.2, 0.25) is 0 Å². The SMILES string of the molecule is CC(C)(C)C(N)=NC1CCC(=O)NC1=O. The Hall–Kier alpha value is -1.39. The van der Waals surface area contributed by atoms with Crippen molar-refractivity contribution < 1.29 is 9.59 Å². The molecule has 84 valence electrons. The van der Waals surface area contributed by atoms with E-state index in [0.29, 0.717) is 18.7 Å². The van der Waals surface area contributed by atoms with Crippen LogP contribution in [0.3, 0.4) is 0 Å². The van der Waals surface area contributed by atoms with Gasteiger partial charge in [-0.05, 0) is 6.42 Å². The molecule has 2 amide bonds. The molecule has 3 N–H and O–H groups in total. The van der Waals surface area contributed by atoms with Crippen molar-refractivity contribution in [2.24, 2.45) is 16.1 Å². The lowest BCUT2D eigenvalue weighted by Gasteiger charge is -2.22. The molecule has 1 saturated heterocycles. The van der Waals surface area contributed by atoms with Crippen LogP contribution in [0.15, 0.2) is 4.99 Å². The number of hydrogen-bond donors (Lipinski definition) is 2. The van der Waals surface area contributed by atoms with Gasteiger partial charge in [-0.15, -0.1) is 0 Å². The molecule has 1 unspecified atom stereocenters. The van der Waals surface area contributed by atoms with Crippen molar-refractivity contribution in [1.82, 2.24) is 5.32 Å². The van der Waals surface area contributed by atoms with Crippen molar-refractivity contribution in [2.45, 2.75) is 39.7 Å². The number of amidine groups is 1. The fraction of sp³-hybridized carbons (Fsp3) is 0.700. The van der Waals surface area contributed by atoms with E-state index in [1.54, 1.807) is 0 Å². The summed E-state index contributed by atoms with van der Waals surface area (Å²) in [5, 5.41) is 2.25. The number of nitrogens with zero attached hydrogens (tertiary/aromatic N) is 1. The van der Waals surface area contributed by atoms with Gasteiger partial charge in [0.25, 0.3) is 5.91 Å². The van der Waals surface area contributed by atoms with Gasteiger partial charge in [-0.25, -0.2) is 0 Å². The summed E-state index contributed by atoms with van der Waals surface area (Å²) < 4.78 is 0. The minimum absolute atomic E-state index is 0.235. The Labute approximate surface area is 89.1 Å². The zero-order valence-corrected chi connectivity index (χ0v) is 9.33. The fourth-order valence-electron chi connectivity index (χ4n) is 1.17. The van der Waals surface area contributed by atoms with Gasteiger partial charge in [-0.2, -0.15) is 0 Å². The molecule has 0 aromatic carbocycles. The van der Waals surface area contributed by atoms with Crippen molar-refractivity contribution in [3.8, 4) is 0 Å². The van der Waals surface area contributed by atoms with Gasteiger partial charge in [0.05, 0.1) is 0 Å². The minimum Gasteiger partial charge on any atom is -0.387 e. The Balaban J connectivity index is 2.74. The number of nitrogens with one attached hydrogen (secondary N) is 1. The summed E-state index contributed by atoms with van der Waals surface area (Å²) in [6.07, 6.45) is 0.777. The fourth-order valence-corrected chi connectivity index (χ4v) is 1.17. The lowest BCUT2D eigenvalue weighted by atomic mass is 9.95. The second kappa shape index (κ2) is 4.00. The number of carbonyl (C=O) groups excluding carboxylic acids is 2. The van der Waals surface area contributed by atoms with Crippen molar-refractivity contribution in [1.29, 1.82) is 0 Å². The minimum atomic E-state index is -0.512. The molecule has 0 aromatic rings. The molecule has 0 aromatic heterocycles. The Kier molecular flexibility index (Phi) is 3.12. The maximum absolute atomic E-state index is 11.4. The third kappa shape index (κ3) is 3.04. The van der Waals surface area contributed by atoms with Gasteiger partial charge in [-0.3, -0.25) is 19.9 Å². The van der Waals surface area contributed by atoms with E-state index in [2.05, 4.69) is 10.3 Å². The molecule has 0 radical (unpaired) electrons. The first kappa shape index (κ1) is 11.7. The van der Waals surface area contributed by atoms with Gasteiger partial charge in [0.15, 0.2) is 0 Å². The molecule has 15 heavy (non-hydrogen) atoms. The predicted octanol–water partition coefficient (Wildman–Crippen LogP) is 0.195. The first-order chi connectivity index (χ1) is 6.80. The van der Waals surface area contributed by atoms with Crippen LogP contribution in [0.25, 0.3) is 0 Å². The van der Waals surface area contributed by atoms with E-state index in [9.17, 15) is 9.59 Å². The Morgan fingerprint density at radius 2 is 2.07 bits per heavy atom. The van der Waals surface area contributed by atoms with Crippen molar-refractivity contribution in [2.75, 3.05) is 0 Å². The van der Waals surface area contributed by atoms with E-state index in [4.69, 9.17) is 5.73 Å². The zero-order chi connectivity index (χ0) is 11.6. The zero-order valence-electron chi connectivity index (χ0n) is 9.33.